The SMILES string of the molecule is Cc1nc(-c2nc(C)oc2-c2c[nH]c3ccccc23)c(-c2c[nH]c3ccccc23)o1. The highest BCUT2D eigenvalue weighted by Gasteiger charge is 2.26. The molecule has 0 atom stereocenters. The summed E-state index contributed by atoms with van der Waals surface area (Å²) in [7, 11) is 0. The summed E-state index contributed by atoms with van der Waals surface area (Å²) in [6, 6.07) is 16.3. The van der Waals surface area contributed by atoms with Crippen LogP contribution in [0.25, 0.3) is 55.8 Å². The van der Waals surface area contributed by atoms with Gasteiger partial charge in [0.1, 0.15) is 11.4 Å². The molecule has 0 radical (unpaired) electrons. The van der Waals surface area contributed by atoms with Crippen molar-refractivity contribution in [3.8, 4) is 34.0 Å². The van der Waals surface area contributed by atoms with Crippen LogP contribution in [0, 0.1) is 13.8 Å². The molecule has 0 aliphatic heterocycles. The summed E-state index contributed by atoms with van der Waals surface area (Å²) < 4.78 is 12.1. The van der Waals surface area contributed by atoms with Crippen LogP contribution in [-0.4, -0.2) is 19.9 Å². The van der Waals surface area contributed by atoms with Crippen molar-refractivity contribution in [3.63, 3.8) is 0 Å². The highest BCUT2D eigenvalue weighted by Crippen LogP contribution is 2.41. The number of aromatic nitrogens is 4. The van der Waals surface area contributed by atoms with Gasteiger partial charge in [-0.3, -0.25) is 0 Å². The number of hydrogen-bond acceptors (Lipinski definition) is 4. The van der Waals surface area contributed by atoms with E-state index < -0.39 is 0 Å². The van der Waals surface area contributed by atoms with E-state index >= 15 is 0 Å². The smallest absolute Gasteiger partial charge is 0.192 e. The number of aromatic amines is 2. The van der Waals surface area contributed by atoms with Crippen molar-refractivity contribution in [2.24, 2.45) is 0 Å². The Hall–Kier alpha value is -4.06. The Bertz CT molecular complexity index is 1410. The maximum atomic E-state index is 6.07. The molecule has 0 bridgehead atoms. The number of aryl methyl sites for hydroxylation is 2. The standard InChI is InChI=1S/C24H18N4O2/c1-13-27-21(23(29-13)17-11-25-19-9-5-3-7-15(17)19)22-24(30-14(2)28-22)18-12-26-20-10-6-4-8-16(18)20/h3-12,25-26H,1-2H3. The second-order valence-corrected chi connectivity index (χ2v) is 7.32. The third kappa shape index (κ3) is 2.43. The Kier molecular flexibility index (Phi) is 3.49. The number of oxazole rings is 2. The molecule has 4 aromatic heterocycles. The summed E-state index contributed by atoms with van der Waals surface area (Å²) in [5.41, 5.74) is 5.34. The highest BCUT2D eigenvalue weighted by molar-refractivity contribution is 6.00. The third-order valence-electron chi connectivity index (χ3n) is 5.36. The summed E-state index contributed by atoms with van der Waals surface area (Å²) in [5, 5.41) is 2.15. The number of rotatable bonds is 3. The Morgan fingerprint density at radius 3 is 1.53 bits per heavy atom. The molecule has 0 aliphatic carbocycles. The van der Waals surface area contributed by atoms with Gasteiger partial charge in [-0.1, -0.05) is 36.4 Å². The molecule has 6 aromatic rings. The van der Waals surface area contributed by atoms with Gasteiger partial charge in [0.2, 0.25) is 0 Å². The van der Waals surface area contributed by atoms with Gasteiger partial charge in [0.05, 0.1) is 0 Å². The van der Waals surface area contributed by atoms with Crippen LogP contribution in [0.1, 0.15) is 11.8 Å². The first-order valence-electron chi connectivity index (χ1n) is 9.77. The number of nitrogens with one attached hydrogen (secondary N) is 2. The van der Waals surface area contributed by atoms with Crippen molar-refractivity contribution in [2.45, 2.75) is 13.8 Å². The molecule has 0 fully saturated rings. The molecule has 146 valence electrons. The van der Waals surface area contributed by atoms with E-state index in [2.05, 4.69) is 22.1 Å². The number of para-hydroxylation sites is 2. The van der Waals surface area contributed by atoms with E-state index in [0.29, 0.717) is 34.7 Å². The topological polar surface area (TPSA) is 83.6 Å². The number of nitrogens with zero attached hydrogens (tertiary/aromatic N) is 2. The van der Waals surface area contributed by atoms with E-state index in [1.807, 2.05) is 62.6 Å². The molecule has 0 amide bonds. The van der Waals surface area contributed by atoms with E-state index in [0.717, 1.165) is 32.9 Å². The average Bonchev–Trinajstić information content (AvgIpc) is 3.51. The maximum absolute atomic E-state index is 6.07. The Morgan fingerprint density at radius 2 is 1.07 bits per heavy atom. The predicted molar refractivity (Wildman–Crippen MR) is 116 cm³/mol. The van der Waals surface area contributed by atoms with Crippen molar-refractivity contribution in [1.29, 1.82) is 0 Å². The first-order valence-corrected chi connectivity index (χ1v) is 9.77. The lowest BCUT2D eigenvalue weighted by Gasteiger charge is -2.01. The molecular weight excluding hydrogens is 376 g/mol. The van der Waals surface area contributed by atoms with Gasteiger partial charge in [0.15, 0.2) is 23.3 Å². The molecule has 6 rings (SSSR count). The van der Waals surface area contributed by atoms with Crippen LogP contribution in [-0.2, 0) is 0 Å². The fourth-order valence-corrected chi connectivity index (χ4v) is 4.06. The van der Waals surface area contributed by atoms with Crippen LogP contribution in [0.4, 0.5) is 0 Å². The first kappa shape index (κ1) is 16.9. The number of H-pyrrole nitrogens is 2. The molecule has 0 spiro atoms. The van der Waals surface area contributed by atoms with Crippen LogP contribution < -0.4 is 0 Å². The molecule has 6 heteroatoms. The molecule has 30 heavy (non-hydrogen) atoms. The summed E-state index contributed by atoms with van der Waals surface area (Å²) in [4.78, 5) is 16.0. The zero-order chi connectivity index (χ0) is 20.2. The van der Waals surface area contributed by atoms with Gasteiger partial charge in [-0.2, -0.15) is 0 Å². The normalized spacial score (nSPS) is 11.7. The van der Waals surface area contributed by atoms with Gasteiger partial charge >= 0.3 is 0 Å². The second kappa shape index (κ2) is 6.22. The van der Waals surface area contributed by atoms with Crippen molar-refractivity contribution in [1.82, 2.24) is 19.9 Å². The van der Waals surface area contributed by atoms with Gasteiger partial charge in [-0.05, 0) is 12.1 Å². The monoisotopic (exact) mass is 394 g/mol. The van der Waals surface area contributed by atoms with Crippen LogP contribution in [0.5, 0.6) is 0 Å². The van der Waals surface area contributed by atoms with Crippen molar-refractivity contribution in [3.05, 3.63) is 72.7 Å². The summed E-state index contributed by atoms with van der Waals surface area (Å²) in [6.07, 6.45) is 3.90. The Labute approximate surface area is 171 Å². The number of benzene rings is 2. The van der Waals surface area contributed by atoms with Crippen LogP contribution in [0.3, 0.4) is 0 Å². The fraction of sp³-hybridized carbons (Fsp3) is 0.0833. The lowest BCUT2D eigenvalue weighted by Crippen LogP contribution is -1.86. The quantitative estimate of drug-likeness (QED) is 0.372. The molecule has 0 unspecified atom stereocenters. The summed E-state index contributed by atoms with van der Waals surface area (Å²) in [5.74, 6) is 2.52. The zero-order valence-corrected chi connectivity index (χ0v) is 16.5. The average molecular weight is 394 g/mol. The predicted octanol–water partition coefficient (Wildman–Crippen LogP) is 6.24. The van der Waals surface area contributed by atoms with E-state index in [9.17, 15) is 0 Å². The summed E-state index contributed by atoms with van der Waals surface area (Å²) >= 11 is 0. The van der Waals surface area contributed by atoms with Crippen LogP contribution >= 0.6 is 0 Å². The largest absolute Gasteiger partial charge is 0.440 e. The minimum Gasteiger partial charge on any atom is -0.440 e. The second-order valence-electron chi connectivity index (χ2n) is 7.32. The van der Waals surface area contributed by atoms with E-state index in [1.54, 1.807) is 0 Å². The van der Waals surface area contributed by atoms with E-state index in [-0.39, 0.29) is 0 Å². The molecule has 0 saturated heterocycles. The Balaban J connectivity index is 1.60. The van der Waals surface area contributed by atoms with Gasteiger partial charge in [0.25, 0.3) is 0 Å². The zero-order valence-electron chi connectivity index (χ0n) is 16.5. The van der Waals surface area contributed by atoms with E-state index in [1.165, 1.54) is 0 Å². The molecule has 2 N–H and O–H groups in total. The van der Waals surface area contributed by atoms with E-state index in [4.69, 9.17) is 18.8 Å². The summed E-state index contributed by atoms with van der Waals surface area (Å²) in [6.45, 7) is 3.69. The van der Waals surface area contributed by atoms with Crippen molar-refractivity contribution in [2.75, 3.05) is 0 Å². The lowest BCUT2D eigenvalue weighted by molar-refractivity contribution is 0.534. The van der Waals surface area contributed by atoms with Gasteiger partial charge < -0.3 is 18.8 Å². The Morgan fingerprint density at radius 1 is 0.633 bits per heavy atom. The first-order chi connectivity index (χ1) is 14.7. The lowest BCUT2D eigenvalue weighted by atomic mass is 10.0. The fourth-order valence-electron chi connectivity index (χ4n) is 4.06. The van der Waals surface area contributed by atoms with Crippen molar-refractivity contribution >= 4 is 21.8 Å². The minimum atomic E-state index is 0.579. The number of hydrogen-bond donors (Lipinski definition) is 2. The number of fused-ring (bicyclic) bond motifs is 2. The maximum Gasteiger partial charge on any atom is 0.192 e. The molecule has 0 saturated carbocycles. The van der Waals surface area contributed by atoms with Gasteiger partial charge in [-0.25, -0.2) is 9.97 Å². The minimum absolute atomic E-state index is 0.579. The molecule has 4 heterocycles. The van der Waals surface area contributed by atoms with Gasteiger partial charge in [0, 0.05) is 59.2 Å². The third-order valence-corrected chi connectivity index (χ3v) is 5.36. The molecule has 2 aromatic carbocycles. The molecule has 6 nitrogen and oxygen atoms in total. The van der Waals surface area contributed by atoms with Crippen molar-refractivity contribution < 1.29 is 8.83 Å². The molecular formula is C24H18N4O2. The van der Waals surface area contributed by atoms with Crippen LogP contribution in [0.2, 0.25) is 0 Å². The highest BCUT2D eigenvalue weighted by atomic mass is 16.4. The van der Waals surface area contributed by atoms with Gasteiger partial charge in [-0.15, -0.1) is 0 Å². The van der Waals surface area contributed by atoms with Crippen LogP contribution in [0.15, 0.2) is 69.8 Å². The molecule has 0 aliphatic rings.